The lowest BCUT2D eigenvalue weighted by Gasteiger charge is -2.21. The summed E-state index contributed by atoms with van der Waals surface area (Å²) < 4.78 is 1.84. The normalized spacial score (nSPS) is 14.3. The molecule has 0 saturated heterocycles. The molecule has 5 heteroatoms. The Morgan fingerprint density at radius 2 is 2.23 bits per heavy atom. The molecule has 116 valence electrons. The Morgan fingerprint density at radius 1 is 1.41 bits per heavy atom. The van der Waals surface area contributed by atoms with Crippen molar-refractivity contribution in [2.75, 3.05) is 11.4 Å². The molecule has 22 heavy (non-hydrogen) atoms. The molecule has 0 radical (unpaired) electrons. The van der Waals surface area contributed by atoms with Crippen LogP contribution in [-0.2, 0) is 6.54 Å². The number of hydrogen-bond acceptors (Lipinski definition) is 3. The number of nitrogens with zero attached hydrogens (tertiary/aromatic N) is 4. The second-order valence-corrected chi connectivity index (χ2v) is 6.42. The molecule has 2 heterocycles. The van der Waals surface area contributed by atoms with Crippen LogP contribution >= 0.6 is 0 Å². The lowest BCUT2D eigenvalue weighted by molar-refractivity contribution is 0.0985. The molecule has 0 bridgehead atoms. The molecule has 1 aliphatic rings. The summed E-state index contributed by atoms with van der Waals surface area (Å²) in [4.78, 5) is 18.8. The third-order valence-corrected chi connectivity index (χ3v) is 3.77. The van der Waals surface area contributed by atoms with Gasteiger partial charge in [-0.15, -0.1) is 0 Å². The van der Waals surface area contributed by atoms with E-state index in [0.717, 1.165) is 18.8 Å². The third kappa shape index (κ3) is 3.53. The standard InChI is InChI=1S/C17H22N4O/c1-13(2)10-20-12-15(8-19-20)17(22)21(11-14-5-6-14)16-4-3-7-18-9-16/h3-4,7-9,12-14H,5-6,10-11H2,1-2H3. The molecule has 1 amide bonds. The Bertz CT molecular complexity index is 631. The van der Waals surface area contributed by atoms with Crippen molar-refractivity contribution in [3.05, 3.63) is 42.5 Å². The van der Waals surface area contributed by atoms with Crippen LogP contribution in [0.25, 0.3) is 0 Å². The topological polar surface area (TPSA) is 51.0 Å². The van der Waals surface area contributed by atoms with Gasteiger partial charge in [-0.1, -0.05) is 13.8 Å². The molecule has 5 nitrogen and oxygen atoms in total. The molecule has 0 aromatic carbocycles. The first-order valence-electron chi connectivity index (χ1n) is 7.88. The summed E-state index contributed by atoms with van der Waals surface area (Å²) >= 11 is 0. The van der Waals surface area contributed by atoms with Gasteiger partial charge in [0.15, 0.2) is 0 Å². The van der Waals surface area contributed by atoms with Crippen LogP contribution in [-0.4, -0.2) is 27.2 Å². The van der Waals surface area contributed by atoms with Crippen LogP contribution in [0.4, 0.5) is 5.69 Å². The zero-order chi connectivity index (χ0) is 15.5. The molecule has 2 aromatic rings. The maximum absolute atomic E-state index is 12.9. The lowest BCUT2D eigenvalue weighted by atomic mass is 10.2. The molecule has 1 aliphatic carbocycles. The summed E-state index contributed by atoms with van der Waals surface area (Å²) in [6, 6.07) is 3.80. The zero-order valence-electron chi connectivity index (χ0n) is 13.1. The maximum atomic E-state index is 12.9. The van der Waals surface area contributed by atoms with E-state index < -0.39 is 0 Å². The van der Waals surface area contributed by atoms with Gasteiger partial charge in [-0.25, -0.2) is 0 Å². The summed E-state index contributed by atoms with van der Waals surface area (Å²) in [5.74, 6) is 1.13. The van der Waals surface area contributed by atoms with Gasteiger partial charge in [-0.3, -0.25) is 14.5 Å². The molecular weight excluding hydrogens is 276 g/mol. The molecule has 1 saturated carbocycles. The van der Waals surface area contributed by atoms with E-state index in [2.05, 4.69) is 23.9 Å². The van der Waals surface area contributed by atoms with Crippen molar-refractivity contribution in [1.29, 1.82) is 0 Å². The molecular formula is C17H22N4O. The highest BCUT2D eigenvalue weighted by molar-refractivity contribution is 6.05. The number of hydrogen-bond donors (Lipinski definition) is 0. The first-order valence-corrected chi connectivity index (χ1v) is 7.88. The fraction of sp³-hybridized carbons (Fsp3) is 0.471. The fourth-order valence-corrected chi connectivity index (χ4v) is 2.48. The van der Waals surface area contributed by atoms with E-state index in [9.17, 15) is 4.79 Å². The fourth-order valence-electron chi connectivity index (χ4n) is 2.48. The van der Waals surface area contributed by atoms with E-state index in [4.69, 9.17) is 0 Å². The zero-order valence-corrected chi connectivity index (χ0v) is 13.1. The highest BCUT2D eigenvalue weighted by Crippen LogP contribution is 2.31. The van der Waals surface area contributed by atoms with Crippen molar-refractivity contribution < 1.29 is 4.79 Å². The molecule has 0 spiro atoms. The van der Waals surface area contributed by atoms with Gasteiger partial charge in [0, 0.05) is 25.5 Å². The number of anilines is 1. The first kappa shape index (κ1) is 14.8. The van der Waals surface area contributed by atoms with Crippen molar-refractivity contribution in [2.45, 2.75) is 33.2 Å². The quantitative estimate of drug-likeness (QED) is 0.824. The Hall–Kier alpha value is -2.17. The van der Waals surface area contributed by atoms with Crippen LogP contribution in [0.2, 0.25) is 0 Å². The van der Waals surface area contributed by atoms with E-state index >= 15 is 0 Å². The average molecular weight is 298 g/mol. The van der Waals surface area contributed by atoms with Crippen molar-refractivity contribution in [3.8, 4) is 0 Å². The Kier molecular flexibility index (Phi) is 4.22. The van der Waals surface area contributed by atoms with E-state index in [1.807, 2.05) is 27.9 Å². The number of pyridine rings is 1. The van der Waals surface area contributed by atoms with E-state index in [0.29, 0.717) is 17.4 Å². The lowest BCUT2D eigenvalue weighted by Crippen LogP contribution is -2.32. The van der Waals surface area contributed by atoms with Gasteiger partial charge < -0.3 is 4.90 Å². The van der Waals surface area contributed by atoms with Crippen molar-refractivity contribution in [1.82, 2.24) is 14.8 Å². The number of rotatable bonds is 6. The largest absolute Gasteiger partial charge is 0.306 e. The summed E-state index contributed by atoms with van der Waals surface area (Å²) in [7, 11) is 0. The summed E-state index contributed by atoms with van der Waals surface area (Å²) in [5.41, 5.74) is 1.50. The highest BCUT2D eigenvalue weighted by Gasteiger charge is 2.28. The van der Waals surface area contributed by atoms with E-state index in [-0.39, 0.29) is 5.91 Å². The van der Waals surface area contributed by atoms with Gasteiger partial charge in [0.05, 0.1) is 23.6 Å². The average Bonchev–Trinajstić information content (AvgIpc) is 3.22. The predicted octanol–water partition coefficient (Wildman–Crippen LogP) is 2.99. The minimum absolute atomic E-state index is 0.00917. The number of carbonyl (C=O) groups excluding carboxylic acids is 1. The van der Waals surface area contributed by atoms with Crippen LogP contribution in [0, 0.1) is 11.8 Å². The van der Waals surface area contributed by atoms with E-state index in [1.165, 1.54) is 12.8 Å². The number of carbonyl (C=O) groups is 1. The minimum Gasteiger partial charge on any atom is -0.306 e. The Morgan fingerprint density at radius 3 is 2.86 bits per heavy atom. The van der Waals surface area contributed by atoms with Crippen LogP contribution in [0.3, 0.4) is 0 Å². The Balaban J connectivity index is 1.80. The van der Waals surface area contributed by atoms with Gasteiger partial charge in [0.1, 0.15) is 0 Å². The van der Waals surface area contributed by atoms with E-state index in [1.54, 1.807) is 18.6 Å². The van der Waals surface area contributed by atoms with Crippen LogP contribution < -0.4 is 4.90 Å². The Labute approximate surface area is 131 Å². The predicted molar refractivity (Wildman–Crippen MR) is 85.7 cm³/mol. The molecule has 1 fully saturated rings. The molecule has 0 atom stereocenters. The second-order valence-electron chi connectivity index (χ2n) is 6.42. The smallest absolute Gasteiger partial charge is 0.261 e. The highest BCUT2D eigenvalue weighted by atomic mass is 16.2. The van der Waals surface area contributed by atoms with Crippen molar-refractivity contribution in [3.63, 3.8) is 0 Å². The summed E-state index contributed by atoms with van der Waals surface area (Å²) in [5, 5.41) is 4.30. The SMILES string of the molecule is CC(C)Cn1cc(C(=O)N(CC2CC2)c2cccnc2)cn1. The summed E-state index contributed by atoms with van der Waals surface area (Å²) in [6.45, 7) is 5.86. The van der Waals surface area contributed by atoms with Crippen molar-refractivity contribution >= 4 is 11.6 Å². The van der Waals surface area contributed by atoms with Gasteiger partial charge in [0.25, 0.3) is 5.91 Å². The summed E-state index contributed by atoms with van der Waals surface area (Å²) in [6.07, 6.45) is 9.40. The molecule has 0 N–H and O–H groups in total. The molecule has 0 aliphatic heterocycles. The second kappa shape index (κ2) is 6.30. The van der Waals surface area contributed by atoms with Gasteiger partial charge >= 0.3 is 0 Å². The third-order valence-electron chi connectivity index (χ3n) is 3.77. The number of amides is 1. The number of aromatic nitrogens is 3. The minimum atomic E-state index is 0.00917. The van der Waals surface area contributed by atoms with Gasteiger partial charge in [-0.05, 0) is 36.8 Å². The molecule has 2 aromatic heterocycles. The van der Waals surface area contributed by atoms with Gasteiger partial charge in [0.2, 0.25) is 0 Å². The monoisotopic (exact) mass is 298 g/mol. The van der Waals surface area contributed by atoms with Crippen LogP contribution in [0.15, 0.2) is 36.9 Å². The molecule has 0 unspecified atom stereocenters. The van der Waals surface area contributed by atoms with Crippen molar-refractivity contribution in [2.24, 2.45) is 11.8 Å². The maximum Gasteiger partial charge on any atom is 0.261 e. The molecule has 3 rings (SSSR count). The van der Waals surface area contributed by atoms with Gasteiger partial charge in [-0.2, -0.15) is 5.10 Å². The first-order chi connectivity index (χ1) is 10.6. The van der Waals surface area contributed by atoms with Crippen LogP contribution in [0.5, 0.6) is 0 Å². The van der Waals surface area contributed by atoms with Crippen LogP contribution in [0.1, 0.15) is 37.0 Å².